The quantitative estimate of drug-likeness (QED) is 0.838. The van der Waals surface area contributed by atoms with Crippen molar-refractivity contribution in [3.8, 4) is 11.5 Å². The minimum Gasteiger partial charge on any atom is -0.497 e. The molecule has 90 valence electrons. The number of benzene rings is 1. The summed E-state index contributed by atoms with van der Waals surface area (Å²) in [5, 5.41) is 0. The Morgan fingerprint density at radius 2 is 1.76 bits per heavy atom. The zero-order chi connectivity index (χ0) is 12.3. The van der Waals surface area contributed by atoms with Gasteiger partial charge in [-0.25, -0.2) is 0 Å². The Balaban J connectivity index is 2.37. The maximum absolute atomic E-state index is 5.29. The summed E-state index contributed by atoms with van der Waals surface area (Å²) in [4.78, 5) is 0. The van der Waals surface area contributed by atoms with Gasteiger partial charge in [-0.15, -0.1) is 0 Å². The van der Waals surface area contributed by atoms with Crippen molar-refractivity contribution in [1.82, 2.24) is 0 Å². The molecule has 1 aromatic carbocycles. The third-order valence-electron chi connectivity index (χ3n) is 2.87. The largest absolute Gasteiger partial charge is 0.497 e. The van der Waals surface area contributed by atoms with Gasteiger partial charge < -0.3 is 9.47 Å². The standard InChI is InChI=1S/C14H15BrO2/c1-16-11-7-10(8-12(9-11)17-2)13-5-3-4-6-14(13)15/h3-4,6-9,13H,5H2,1-2H3. The van der Waals surface area contributed by atoms with Crippen LogP contribution in [0, 0.1) is 0 Å². The van der Waals surface area contributed by atoms with Gasteiger partial charge >= 0.3 is 0 Å². The lowest BCUT2D eigenvalue weighted by molar-refractivity contribution is 0.393. The van der Waals surface area contributed by atoms with Crippen molar-refractivity contribution in [2.75, 3.05) is 14.2 Å². The molecule has 2 rings (SSSR count). The number of ether oxygens (including phenoxy) is 2. The van der Waals surface area contributed by atoms with Gasteiger partial charge in [-0.05, 0) is 24.1 Å². The molecule has 1 aliphatic carbocycles. The zero-order valence-corrected chi connectivity index (χ0v) is 11.5. The molecule has 1 unspecified atom stereocenters. The second kappa shape index (κ2) is 5.41. The Hall–Kier alpha value is -1.22. The Bertz CT molecular complexity index is 441. The summed E-state index contributed by atoms with van der Waals surface area (Å²) in [6, 6.07) is 6.00. The van der Waals surface area contributed by atoms with Gasteiger partial charge in [-0.3, -0.25) is 0 Å². The summed E-state index contributed by atoms with van der Waals surface area (Å²) in [6.07, 6.45) is 7.31. The molecule has 0 saturated heterocycles. The first-order valence-electron chi connectivity index (χ1n) is 5.49. The van der Waals surface area contributed by atoms with E-state index in [9.17, 15) is 0 Å². The lowest BCUT2D eigenvalue weighted by Gasteiger charge is -2.19. The molecule has 0 spiro atoms. The Morgan fingerprint density at radius 1 is 1.12 bits per heavy atom. The molecule has 2 nitrogen and oxygen atoms in total. The molecular weight excluding hydrogens is 280 g/mol. The number of halogens is 1. The lowest BCUT2D eigenvalue weighted by Crippen LogP contribution is -2.01. The van der Waals surface area contributed by atoms with E-state index in [-0.39, 0.29) is 0 Å². The van der Waals surface area contributed by atoms with Crippen LogP contribution in [-0.4, -0.2) is 14.2 Å². The molecular formula is C14H15BrO2. The monoisotopic (exact) mass is 294 g/mol. The number of allylic oxidation sites excluding steroid dienone is 4. The summed E-state index contributed by atoms with van der Waals surface area (Å²) >= 11 is 3.61. The van der Waals surface area contributed by atoms with E-state index in [2.05, 4.69) is 46.3 Å². The molecule has 0 fully saturated rings. The lowest BCUT2D eigenvalue weighted by atomic mass is 9.92. The molecule has 0 saturated carbocycles. The second-order valence-electron chi connectivity index (χ2n) is 3.91. The molecule has 0 aromatic heterocycles. The van der Waals surface area contributed by atoms with E-state index in [1.54, 1.807) is 14.2 Å². The van der Waals surface area contributed by atoms with Crippen molar-refractivity contribution in [3.63, 3.8) is 0 Å². The Labute approximate surface area is 110 Å². The highest BCUT2D eigenvalue weighted by molar-refractivity contribution is 9.11. The highest BCUT2D eigenvalue weighted by Gasteiger charge is 2.17. The third kappa shape index (κ3) is 2.72. The number of rotatable bonds is 3. The minimum absolute atomic E-state index is 0.351. The van der Waals surface area contributed by atoms with Gasteiger partial charge in [0.25, 0.3) is 0 Å². The molecule has 1 aliphatic rings. The Morgan fingerprint density at radius 3 is 2.29 bits per heavy atom. The van der Waals surface area contributed by atoms with E-state index in [1.165, 1.54) is 10.0 Å². The molecule has 0 bridgehead atoms. The Kier molecular flexibility index (Phi) is 3.89. The van der Waals surface area contributed by atoms with Crippen molar-refractivity contribution >= 4 is 15.9 Å². The van der Waals surface area contributed by atoms with Crippen LogP contribution < -0.4 is 9.47 Å². The summed E-state index contributed by atoms with van der Waals surface area (Å²) < 4.78 is 11.8. The summed E-state index contributed by atoms with van der Waals surface area (Å²) in [6.45, 7) is 0. The molecule has 0 amide bonds. The topological polar surface area (TPSA) is 18.5 Å². The van der Waals surface area contributed by atoms with Gasteiger partial charge in [0.05, 0.1) is 14.2 Å². The number of methoxy groups -OCH3 is 2. The van der Waals surface area contributed by atoms with Crippen molar-refractivity contribution < 1.29 is 9.47 Å². The van der Waals surface area contributed by atoms with Gasteiger partial charge in [-0.1, -0.05) is 34.2 Å². The maximum atomic E-state index is 5.29. The van der Waals surface area contributed by atoms with Crippen LogP contribution in [0.15, 0.2) is 40.9 Å². The van der Waals surface area contributed by atoms with Gasteiger partial charge in [0.1, 0.15) is 11.5 Å². The highest BCUT2D eigenvalue weighted by Crippen LogP contribution is 2.37. The molecule has 0 heterocycles. The number of hydrogen-bond acceptors (Lipinski definition) is 2. The number of hydrogen-bond donors (Lipinski definition) is 0. The molecule has 1 atom stereocenters. The minimum atomic E-state index is 0.351. The molecule has 0 radical (unpaired) electrons. The normalized spacial score (nSPS) is 18.8. The van der Waals surface area contributed by atoms with Gasteiger partial charge in [0.2, 0.25) is 0 Å². The van der Waals surface area contributed by atoms with Crippen molar-refractivity contribution in [1.29, 1.82) is 0 Å². The fourth-order valence-electron chi connectivity index (χ4n) is 1.93. The summed E-state index contributed by atoms with van der Waals surface area (Å²) in [7, 11) is 3.34. The highest BCUT2D eigenvalue weighted by atomic mass is 79.9. The van der Waals surface area contributed by atoms with Crippen LogP contribution in [0.5, 0.6) is 11.5 Å². The molecule has 17 heavy (non-hydrogen) atoms. The molecule has 0 aliphatic heterocycles. The van der Waals surface area contributed by atoms with Gasteiger partial charge in [-0.2, -0.15) is 0 Å². The van der Waals surface area contributed by atoms with Crippen LogP contribution in [0.1, 0.15) is 17.9 Å². The summed E-state index contributed by atoms with van der Waals surface area (Å²) in [5.74, 6) is 2.01. The SMILES string of the molecule is COc1cc(OC)cc(C2CC=CC=C2Br)c1. The van der Waals surface area contributed by atoms with Crippen LogP contribution in [0.25, 0.3) is 0 Å². The van der Waals surface area contributed by atoms with Crippen LogP contribution >= 0.6 is 15.9 Å². The van der Waals surface area contributed by atoms with Crippen LogP contribution in [0.4, 0.5) is 0 Å². The van der Waals surface area contributed by atoms with E-state index < -0.39 is 0 Å². The van der Waals surface area contributed by atoms with E-state index in [4.69, 9.17) is 9.47 Å². The molecule has 3 heteroatoms. The van der Waals surface area contributed by atoms with Gasteiger partial charge in [0, 0.05) is 16.5 Å². The van der Waals surface area contributed by atoms with Crippen LogP contribution in [0.3, 0.4) is 0 Å². The average molecular weight is 295 g/mol. The van der Waals surface area contributed by atoms with Crippen molar-refractivity contribution in [3.05, 3.63) is 46.5 Å². The average Bonchev–Trinajstić information content (AvgIpc) is 2.38. The third-order valence-corrected chi connectivity index (χ3v) is 3.69. The fraction of sp³-hybridized carbons (Fsp3) is 0.286. The van der Waals surface area contributed by atoms with Crippen LogP contribution in [-0.2, 0) is 0 Å². The summed E-state index contributed by atoms with van der Waals surface area (Å²) in [5.41, 5.74) is 1.20. The first-order valence-corrected chi connectivity index (χ1v) is 6.29. The molecule has 0 N–H and O–H groups in total. The van der Waals surface area contributed by atoms with E-state index in [1.807, 2.05) is 6.07 Å². The van der Waals surface area contributed by atoms with E-state index in [0.29, 0.717) is 5.92 Å². The van der Waals surface area contributed by atoms with Gasteiger partial charge in [0.15, 0.2) is 0 Å². The van der Waals surface area contributed by atoms with Crippen molar-refractivity contribution in [2.45, 2.75) is 12.3 Å². The molecule has 1 aromatic rings. The predicted octanol–water partition coefficient (Wildman–Crippen LogP) is 4.03. The second-order valence-corrected chi connectivity index (χ2v) is 4.83. The van der Waals surface area contributed by atoms with E-state index >= 15 is 0 Å². The zero-order valence-electron chi connectivity index (χ0n) is 9.94. The smallest absolute Gasteiger partial charge is 0.122 e. The predicted molar refractivity (Wildman–Crippen MR) is 73.1 cm³/mol. The van der Waals surface area contributed by atoms with Crippen LogP contribution in [0.2, 0.25) is 0 Å². The first-order chi connectivity index (χ1) is 8.24. The van der Waals surface area contributed by atoms with Crippen molar-refractivity contribution in [2.24, 2.45) is 0 Å². The van der Waals surface area contributed by atoms with E-state index in [0.717, 1.165) is 17.9 Å². The maximum Gasteiger partial charge on any atom is 0.122 e. The first kappa shape index (κ1) is 12.2. The fourth-order valence-corrected chi connectivity index (χ4v) is 2.53.